The fourth-order valence-corrected chi connectivity index (χ4v) is 2.71. The molecule has 2 rings (SSSR count). The molecule has 0 aliphatic carbocycles. The highest BCUT2D eigenvalue weighted by atomic mass is 19.1. The lowest BCUT2D eigenvalue weighted by molar-refractivity contribution is -0.385. The molecule has 0 bridgehead atoms. The highest BCUT2D eigenvalue weighted by Gasteiger charge is 2.30. The van der Waals surface area contributed by atoms with Gasteiger partial charge in [-0.25, -0.2) is 4.39 Å². The van der Waals surface area contributed by atoms with Crippen molar-refractivity contribution >= 4 is 5.69 Å². The van der Waals surface area contributed by atoms with E-state index in [0.717, 1.165) is 25.5 Å². The van der Waals surface area contributed by atoms with Gasteiger partial charge in [-0.15, -0.1) is 0 Å². The number of nitrogens with zero attached hydrogens (tertiary/aromatic N) is 2. The van der Waals surface area contributed by atoms with Gasteiger partial charge in [-0.05, 0) is 25.5 Å². The van der Waals surface area contributed by atoms with Crippen molar-refractivity contribution in [2.24, 2.45) is 5.41 Å². The molecule has 0 amide bonds. The molecule has 1 aromatic rings. The Morgan fingerprint density at radius 1 is 1.55 bits per heavy atom. The van der Waals surface area contributed by atoms with Crippen molar-refractivity contribution in [2.45, 2.75) is 26.3 Å². The summed E-state index contributed by atoms with van der Waals surface area (Å²) in [5, 5.41) is 20.0. The molecule has 1 aromatic carbocycles. The van der Waals surface area contributed by atoms with E-state index in [1.807, 2.05) is 6.92 Å². The number of halogens is 1. The number of hydrogen-bond donors (Lipinski definition) is 1. The number of likely N-dealkylation sites (tertiary alicyclic amines) is 1. The number of nitro groups is 1. The van der Waals surface area contributed by atoms with Gasteiger partial charge >= 0.3 is 0 Å². The van der Waals surface area contributed by atoms with Crippen molar-refractivity contribution in [1.29, 1.82) is 0 Å². The van der Waals surface area contributed by atoms with Gasteiger partial charge < -0.3 is 5.11 Å². The number of non-ortho nitro benzene ring substituents is 1. The number of benzene rings is 1. The second-order valence-electron chi connectivity index (χ2n) is 5.82. The third kappa shape index (κ3) is 3.32. The van der Waals surface area contributed by atoms with Crippen LogP contribution >= 0.6 is 0 Å². The van der Waals surface area contributed by atoms with Gasteiger partial charge in [-0.2, -0.15) is 0 Å². The standard InChI is InChI=1S/C14H19FN2O3/c1-14(10-18)5-2-6-16(9-14)8-11-3-4-12(17(19)20)7-13(11)15/h3-4,7,18H,2,5-6,8-10H2,1H3. The average Bonchev–Trinajstić information content (AvgIpc) is 2.41. The zero-order valence-electron chi connectivity index (χ0n) is 11.5. The first kappa shape index (κ1) is 14.9. The molecule has 1 heterocycles. The highest BCUT2D eigenvalue weighted by molar-refractivity contribution is 5.34. The number of hydrogen-bond acceptors (Lipinski definition) is 4. The lowest BCUT2D eigenvalue weighted by Gasteiger charge is -2.39. The van der Waals surface area contributed by atoms with Crippen LogP contribution in [0.25, 0.3) is 0 Å². The van der Waals surface area contributed by atoms with E-state index in [1.165, 1.54) is 12.1 Å². The van der Waals surface area contributed by atoms with Crippen LogP contribution in [-0.2, 0) is 6.54 Å². The van der Waals surface area contributed by atoms with Crippen molar-refractivity contribution in [2.75, 3.05) is 19.7 Å². The summed E-state index contributed by atoms with van der Waals surface area (Å²) < 4.78 is 13.9. The predicted molar refractivity (Wildman–Crippen MR) is 72.8 cm³/mol. The molecular weight excluding hydrogens is 263 g/mol. The number of rotatable bonds is 4. The van der Waals surface area contributed by atoms with Crippen LogP contribution in [0.15, 0.2) is 18.2 Å². The van der Waals surface area contributed by atoms with Gasteiger partial charge in [0.2, 0.25) is 0 Å². The maximum Gasteiger partial charge on any atom is 0.272 e. The van der Waals surface area contributed by atoms with Crippen LogP contribution in [0.5, 0.6) is 0 Å². The Morgan fingerprint density at radius 3 is 2.90 bits per heavy atom. The second kappa shape index (κ2) is 5.85. The Balaban J connectivity index is 2.08. The summed E-state index contributed by atoms with van der Waals surface area (Å²) in [6.07, 6.45) is 1.93. The van der Waals surface area contributed by atoms with E-state index in [0.29, 0.717) is 18.7 Å². The SMILES string of the molecule is CC1(CO)CCCN(Cc2ccc([N+](=O)[O-])cc2F)C1. The van der Waals surface area contributed by atoms with Gasteiger partial charge in [0, 0.05) is 36.7 Å². The van der Waals surface area contributed by atoms with E-state index in [-0.39, 0.29) is 17.7 Å². The third-order valence-corrected chi connectivity index (χ3v) is 3.88. The van der Waals surface area contributed by atoms with Gasteiger partial charge in [0.1, 0.15) is 5.82 Å². The summed E-state index contributed by atoms with van der Waals surface area (Å²) >= 11 is 0. The Hall–Kier alpha value is -1.53. The molecule has 1 aliphatic heterocycles. The van der Waals surface area contributed by atoms with Crippen molar-refractivity contribution in [3.63, 3.8) is 0 Å². The Morgan fingerprint density at radius 2 is 2.30 bits per heavy atom. The predicted octanol–water partition coefficient (Wildman–Crippen LogP) is 2.33. The van der Waals surface area contributed by atoms with Gasteiger partial charge in [0.05, 0.1) is 11.0 Å². The van der Waals surface area contributed by atoms with Crippen molar-refractivity contribution in [1.82, 2.24) is 4.90 Å². The Bertz CT molecular complexity index is 509. The van der Waals surface area contributed by atoms with Crippen LogP contribution in [0.4, 0.5) is 10.1 Å². The summed E-state index contributed by atoms with van der Waals surface area (Å²) in [6, 6.07) is 3.76. The Kier molecular flexibility index (Phi) is 4.35. The topological polar surface area (TPSA) is 66.6 Å². The summed E-state index contributed by atoms with van der Waals surface area (Å²) in [5.41, 5.74) is 0.0815. The van der Waals surface area contributed by atoms with Crippen molar-refractivity contribution in [3.05, 3.63) is 39.7 Å². The lowest BCUT2D eigenvalue weighted by atomic mass is 9.82. The normalized spacial score (nSPS) is 23.8. The van der Waals surface area contributed by atoms with Crippen molar-refractivity contribution < 1.29 is 14.4 Å². The molecule has 20 heavy (non-hydrogen) atoms. The zero-order chi connectivity index (χ0) is 14.8. The molecule has 1 saturated heterocycles. The Labute approximate surface area is 117 Å². The lowest BCUT2D eigenvalue weighted by Crippen LogP contribution is -2.43. The van der Waals surface area contributed by atoms with Gasteiger partial charge in [-0.3, -0.25) is 15.0 Å². The van der Waals surface area contributed by atoms with Gasteiger partial charge in [-0.1, -0.05) is 6.92 Å². The van der Waals surface area contributed by atoms with Crippen LogP contribution in [0.3, 0.4) is 0 Å². The molecule has 1 unspecified atom stereocenters. The molecular formula is C14H19FN2O3. The molecule has 0 saturated carbocycles. The van der Waals surface area contributed by atoms with Crippen LogP contribution in [0.2, 0.25) is 0 Å². The first-order valence-corrected chi connectivity index (χ1v) is 6.69. The summed E-state index contributed by atoms with van der Waals surface area (Å²) in [6.45, 7) is 4.11. The number of nitro benzene ring substituents is 1. The molecule has 6 heteroatoms. The third-order valence-electron chi connectivity index (χ3n) is 3.88. The second-order valence-corrected chi connectivity index (χ2v) is 5.82. The minimum Gasteiger partial charge on any atom is -0.396 e. The van der Waals surface area contributed by atoms with Crippen LogP contribution in [0, 0.1) is 21.3 Å². The number of piperidine rings is 1. The average molecular weight is 282 g/mol. The van der Waals surface area contributed by atoms with Crippen LogP contribution in [-0.4, -0.2) is 34.6 Å². The molecule has 110 valence electrons. The quantitative estimate of drug-likeness (QED) is 0.680. The first-order valence-electron chi connectivity index (χ1n) is 6.69. The van der Waals surface area contributed by atoms with E-state index in [4.69, 9.17) is 0 Å². The number of aliphatic hydroxyl groups excluding tert-OH is 1. The van der Waals surface area contributed by atoms with Crippen molar-refractivity contribution in [3.8, 4) is 0 Å². The monoisotopic (exact) mass is 282 g/mol. The van der Waals surface area contributed by atoms with E-state index < -0.39 is 10.7 Å². The number of aliphatic hydroxyl groups is 1. The molecule has 1 aliphatic rings. The zero-order valence-corrected chi connectivity index (χ0v) is 11.5. The van der Waals surface area contributed by atoms with E-state index in [9.17, 15) is 19.6 Å². The first-order chi connectivity index (χ1) is 9.43. The minimum absolute atomic E-state index is 0.117. The fraction of sp³-hybridized carbons (Fsp3) is 0.571. The molecule has 1 atom stereocenters. The van der Waals surface area contributed by atoms with E-state index in [1.54, 1.807) is 0 Å². The molecule has 0 radical (unpaired) electrons. The van der Waals surface area contributed by atoms with Gasteiger partial charge in [0.15, 0.2) is 0 Å². The van der Waals surface area contributed by atoms with E-state index >= 15 is 0 Å². The maximum atomic E-state index is 13.9. The highest BCUT2D eigenvalue weighted by Crippen LogP contribution is 2.30. The largest absolute Gasteiger partial charge is 0.396 e. The molecule has 1 N–H and O–H groups in total. The van der Waals surface area contributed by atoms with Crippen LogP contribution in [0.1, 0.15) is 25.3 Å². The summed E-state index contributed by atoms with van der Waals surface area (Å²) in [7, 11) is 0. The molecule has 0 aromatic heterocycles. The fourth-order valence-electron chi connectivity index (χ4n) is 2.71. The van der Waals surface area contributed by atoms with Crippen LogP contribution < -0.4 is 0 Å². The summed E-state index contributed by atoms with van der Waals surface area (Å²) in [4.78, 5) is 12.1. The summed E-state index contributed by atoms with van der Waals surface area (Å²) in [5.74, 6) is -0.546. The maximum absolute atomic E-state index is 13.9. The molecule has 1 fully saturated rings. The molecule has 0 spiro atoms. The smallest absolute Gasteiger partial charge is 0.272 e. The van der Waals surface area contributed by atoms with Gasteiger partial charge in [0.25, 0.3) is 5.69 Å². The minimum atomic E-state index is -0.601. The van der Waals surface area contributed by atoms with E-state index in [2.05, 4.69) is 4.90 Å². The molecule has 5 nitrogen and oxygen atoms in total.